The lowest BCUT2D eigenvalue weighted by Crippen LogP contribution is -2.04. The van der Waals surface area contributed by atoms with Gasteiger partial charge in [0.1, 0.15) is 5.69 Å². The summed E-state index contributed by atoms with van der Waals surface area (Å²) in [6.07, 6.45) is 1.72. The van der Waals surface area contributed by atoms with Crippen molar-refractivity contribution in [3.8, 4) is 0 Å². The molecular formula is C16H17NO. The Kier molecular flexibility index (Phi) is 3.56. The molecule has 0 amide bonds. The molecule has 0 radical (unpaired) electrons. The predicted molar refractivity (Wildman–Crippen MR) is 72.9 cm³/mol. The number of carbonyl (C=O) groups is 1. The van der Waals surface area contributed by atoms with Gasteiger partial charge in [-0.05, 0) is 30.0 Å². The first kappa shape index (κ1) is 12.5. The van der Waals surface area contributed by atoms with Gasteiger partial charge in [-0.1, -0.05) is 44.2 Å². The fourth-order valence-electron chi connectivity index (χ4n) is 1.77. The minimum atomic E-state index is -0.0229. The second-order valence-electron chi connectivity index (χ2n) is 4.83. The Morgan fingerprint density at radius 1 is 1.06 bits per heavy atom. The van der Waals surface area contributed by atoms with E-state index in [1.54, 1.807) is 12.3 Å². The van der Waals surface area contributed by atoms with Crippen LogP contribution in [0.1, 0.15) is 46.9 Å². The summed E-state index contributed by atoms with van der Waals surface area (Å²) < 4.78 is 0. The molecule has 2 nitrogen and oxygen atoms in total. The van der Waals surface area contributed by atoms with Gasteiger partial charge in [0.2, 0.25) is 5.78 Å². The predicted octanol–water partition coefficient (Wildman–Crippen LogP) is 3.74. The third-order valence-electron chi connectivity index (χ3n) is 2.98. The van der Waals surface area contributed by atoms with Gasteiger partial charge in [0, 0.05) is 11.8 Å². The van der Waals surface area contributed by atoms with E-state index in [0.29, 0.717) is 17.2 Å². The molecule has 92 valence electrons. The van der Waals surface area contributed by atoms with Gasteiger partial charge in [-0.25, -0.2) is 0 Å². The summed E-state index contributed by atoms with van der Waals surface area (Å²) in [4.78, 5) is 16.3. The van der Waals surface area contributed by atoms with Crippen molar-refractivity contribution in [1.29, 1.82) is 0 Å². The van der Waals surface area contributed by atoms with Crippen LogP contribution in [-0.2, 0) is 0 Å². The number of aromatic nitrogens is 1. The molecule has 0 saturated heterocycles. The quantitative estimate of drug-likeness (QED) is 0.764. The number of aryl methyl sites for hydroxylation is 1. The summed E-state index contributed by atoms with van der Waals surface area (Å²) in [5.41, 5.74) is 3.48. The van der Waals surface area contributed by atoms with Crippen LogP contribution < -0.4 is 0 Å². The van der Waals surface area contributed by atoms with E-state index in [2.05, 4.69) is 18.8 Å². The Labute approximate surface area is 108 Å². The number of pyridine rings is 1. The summed E-state index contributed by atoms with van der Waals surface area (Å²) in [7, 11) is 0. The molecule has 0 saturated carbocycles. The van der Waals surface area contributed by atoms with Crippen LogP contribution in [0.25, 0.3) is 0 Å². The molecule has 0 atom stereocenters. The van der Waals surface area contributed by atoms with Crippen molar-refractivity contribution in [3.63, 3.8) is 0 Å². The zero-order valence-electron chi connectivity index (χ0n) is 11.0. The topological polar surface area (TPSA) is 30.0 Å². The Morgan fingerprint density at radius 2 is 1.72 bits per heavy atom. The molecule has 18 heavy (non-hydrogen) atoms. The number of hydrogen-bond donors (Lipinski definition) is 0. The highest BCUT2D eigenvalue weighted by atomic mass is 16.1. The fraction of sp³-hybridized carbons (Fsp3) is 0.250. The van der Waals surface area contributed by atoms with Gasteiger partial charge < -0.3 is 0 Å². The smallest absolute Gasteiger partial charge is 0.211 e. The Balaban J connectivity index is 2.26. The minimum absolute atomic E-state index is 0.0229. The first-order valence-electron chi connectivity index (χ1n) is 6.15. The van der Waals surface area contributed by atoms with E-state index in [1.165, 1.54) is 5.56 Å². The van der Waals surface area contributed by atoms with Gasteiger partial charge in [0.15, 0.2) is 0 Å². The monoisotopic (exact) mass is 239 g/mol. The summed E-state index contributed by atoms with van der Waals surface area (Å²) in [5, 5.41) is 0. The number of rotatable bonds is 3. The van der Waals surface area contributed by atoms with Crippen molar-refractivity contribution < 1.29 is 4.79 Å². The minimum Gasteiger partial charge on any atom is -0.287 e. The Morgan fingerprint density at radius 3 is 2.22 bits per heavy atom. The molecule has 0 spiro atoms. The van der Waals surface area contributed by atoms with E-state index in [1.807, 2.05) is 37.3 Å². The maximum Gasteiger partial charge on any atom is 0.211 e. The van der Waals surface area contributed by atoms with Crippen molar-refractivity contribution in [2.45, 2.75) is 26.7 Å². The van der Waals surface area contributed by atoms with Crippen LogP contribution in [0.2, 0.25) is 0 Å². The first-order valence-corrected chi connectivity index (χ1v) is 6.15. The molecule has 2 rings (SSSR count). The molecule has 0 fully saturated rings. The van der Waals surface area contributed by atoms with Crippen molar-refractivity contribution >= 4 is 5.78 Å². The molecule has 2 heteroatoms. The maximum atomic E-state index is 12.2. The van der Waals surface area contributed by atoms with Crippen molar-refractivity contribution in [2.24, 2.45) is 0 Å². The number of carbonyl (C=O) groups excluding carboxylic acids is 1. The maximum absolute atomic E-state index is 12.2. The molecule has 0 bridgehead atoms. The fourth-order valence-corrected chi connectivity index (χ4v) is 1.77. The lowest BCUT2D eigenvalue weighted by atomic mass is 9.99. The highest BCUT2D eigenvalue weighted by molar-refractivity contribution is 6.07. The lowest BCUT2D eigenvalue weighted by molar-refractivity contribution is 0.103. The normalized spacial score (nSPS) is 10.7. The zero-order valence-corrected chi connectivity index (χ0v) is 11.0. The number of benzene rings is 1. The molecule has 2 aromatic rings. The molecule has 1 heterocycles. The highest BCUT2D eigenvalue weighted by Gasteiger charge is 2.10. The second-order valence-corrected chi connectivity index (χ2v) is 4.83. The number of hydrogen-bond acceptors (Lipinski definition) is 2. The molecule has 0 N–H and O–H groups in total. The average Bonchev–Trinajstić information content (AvgIpc) is 2.39. The van der Waals surface area contributed by atoms with Crippen LogP contribution in [-0.4, -0.2) is 10.8 Å². The van der Waals surface area contributed by atoms with Gasteiger partial charge >= 0.3 is 0 Å². The van der Waals surface area contributed by atoms with E-state index in [4.69, 9.17) is 0 Å². The van der Waals surface area contributed by atoms with Crippen LogP contribution in [0.15, 0.2) is 42.6 Å². The third-order valence-corrected chi connectivity index (χ3v) is 2.98. The molecule has 1 aromatic heterocycles. The lowest BCUT2D eigenvalue weighted by Gasteiger charge is -2.06. The third kappa shape index (κ3) is 2.65. The van der Waals surface area contributed by atoms with Gasteiger partial charge in [-0.15, -0.1) is 0 Å². The molecule has 0 aliphatic carbocycles. The Hall–Kier alpha value is -1.96. The molecule has 0 aliphatic heterocycles. The standard InChI is InChI=1S/C16H17NO/c1-11(2)13-5-7-14(8-6-13)16(18)15-9-4-12(3)10-17-15/h4-11H,1-3H3. The van der Waals surface area contributed by atoms with Crippen molar-refractivity contribution in [1.82, 2.24) is 4.98 Å². The number of nitrogens with zero attached hydrogens (tertiary/aromatic N) is 1. The van der Waals surface area contributed by atoms with E-state index in [0.717, 1.165) is 5.56 Å². The van der Waals surface area contributed by atoms with Crippen molar-refractivity contribution in [3.05, 3.63) is 65.0 Å². The van der Waals surface area contributed by atoms with E-state index >= 15 is 0 Å². The van der Waals surface area contributed by atoms with Gasteiger partial charge in [0.25, 0.3) is 0 Å². The highest BCUT2D eigenvalue weighted by Crippen LogP contribution is 2.16. The average molecular weight is 239 g/mol. The summed E-state index contributed by atoms with van der Waals surface area (Å²) in [6, 6.07) is 11.4. The number of ketones is 1. The van der Waals surface area contributed by atoms with Crippen LogP contribution in [0.4, 0.5) is 0 Å². The van der Waals surface area contributed by atoms with Crippen molar-refractivity contribution in [2.75, 3.05) is 0 Å². The first-order chi connectivity index (χ1) is 8.58. The van der Waals surface area contributed by atoms with E-state index in [9.17, 15) is 4.79 Å². The molecule has 0 aliphatic rings. The van der Waals surface area contributed by atoms with Gasteiger partial charge in [-0.2, -0.15) is 0 Å². The van der Waals surface area contributed by atoms with Gasteiger partial charge in [-0.3, -0.25) is 9.78 Å². The zero-order chi connectivity index (χ0) is 13.1. The van der Waals surface area contributed by atoms with Crippen LogP contribution >= 0.6 is 0 Å². The SMILES string of the molecule is Cc1ccc(C(=O)c2ccc(C(C)C)cc2)nc1. The van der Waals surface area contributed by atoms with Gasteiger partial charge in [0.05, 0.1) is 0 Å². The summed E-state index contributed by atoms with van der Waals surface area (Å²) in [6.45, 7) is 6.23. The molecule has 1 aromatic carbocycles. The summed E-state index contributed by atoms with van der Waals surface area (Å²) >= 11 is 0. The van der Waals surface area contributed by atoms with Crippen LogP contribution in [0.5, 0.6) is 0 Å². The van der Waals surface area contributed by atoms with E-state index in [-0.39, 0.29) is 5.78 Å². The molecule has 0 unspecified atom stereocenters. The van der Waals surface area contributed by atoms with Crippen LogP contribution in [0, 0.1) is 6.92 Å². The van der Waals surface area contributed by atoms with E-state index < -0.39 is 0 Å². The van der Waals surface area contributed by atoms with Crippen LogP contribution in [0.3, 0.4) is 0 Å². The largest absolute Gasteiger partial charge is 0.287 e. The molecular weight excluding hydrogens is 222 g/mol. The second kappa shape index (κ2) is 5.13. The Bertz CT molecular complexity index is 538. The summed E-state index contributed by atoms with van der Waals surface area (Å²) in [5.74, 6) is 0.456.